The maximum absolute atomic E-state index is 12.0. The van der Waals surface area contributed by atoms with Crippen LogP contribution in [0.4, 0.5) is 13.2 Å². The summed E-state index contributed by atoms with van der Waals surface area (Å²) in [6.45, 7) is 0. The number of hydrogen-bond acceptors (Lipinski definition) is 0. The summed E-state index contributed by atoms with van der Waals surface area (Å²) in [4.78, 5) is 0. The third-order valence-corrected chi connectivity index (χ3v) is 1.87. The van der Waals surface area contributed by atoms with Gasteiger partial charge < -0.3 is 0 Å². The highest BCUT2D eigenvalue weighted by Crippen LogP contribution is 2.32. The summed E-state index contributed by atoms with van der Waals surface area (Å²) in [6.07, 6.45) is -4.42. The van der Waals surface area contributed by atoms with Gasteiger partial charge in [0.05, 0.1) is 15.6 Å². The summed E-state index contributed by atoms with van der Waals surface area (Å²) in [5, 5.41) is -0.156. The average Bonchev–Trinajstić information content (AvgIpc) is 1.92. The molecule has 0 heterocycles. The lowest BCUT2D eigenvalue weighted by atomic mass is 10.2. The van der Waals surface area contributed by atoms with Gasteiger partial charge in [-0.05, 0) is 12.1 Å². The van der Waals surface area contributed by atoms with Crippen molar-refractivity contribution in [3.63, 3.8) is 0 Å². The molecular formula is C7H2Cl2F3. The van der Waals surface area contributed by atoms with Crippen LogP contribution in [0.1, 0.15) is 5.56 Å². The van der Waals surface area contributed by atoms with Gasteiger partial charge in [-0.1, -0.05) is 23.2 Å². The third kappa shape index (κ3) is 2.05. The largest absolute Gasteiger partial charge is 0.417 e. The first kappa shape index (κ1) is 9.68. The van der Waals surface area contributed by atoms with E-state index in [0.717, 1.165) is 12.1 Å². The second-order valence-corrected chi connectivity index (χ2v) is 2.82. The predicted molar refractivity (Wildman–Crippen MR) is 40.3 cm³/mol. The van der Waals surface area contributed by atoms with Gasteiger partial charge in [0.25, 0.3) is 0 Å². The molecule has 0 N–H and O–H groups in total. The molecule has 65 valence electrons. The Morgan fingerprint density at radius 1 is 1.17 bits per heavy atom. The summed E-state index contributed by atoms with van der Waals surface area (Å²) in [6, 6.07) is 3.84. The van der Waals surface area contributed by atoms with E-state index in [4.69, 9.17) is 23.2 Å². The highest BCUT2D eigenvalue weighted by molar-refractivity contribution is 6.41. The summed E-state index contributed by atoms with van der Waals surface area (Å²) < 4.78 is 35.9. The van der Waals surface area contributed by atoms with Crippen molar-refractivity contribution in [2.75, 3.05) is 0 Å². The number of alkyl halides is 3. The summed E-state index contributed by atoms with van der Waals surface area (Å²) in [7, 11) is 0. The number of benzene rings is 1. The van der Waals surface area contributed by atoms with E-state index in [9.17, 15) is 13.2 Å². The molecule has 0 bridgehead atoms. The molecule has 5 heteroatoms. The summed E-state index contributed by atoms with van der Waals surface area (Å²) >= 11 is 10.7. The Hall–Kier alpha value is -0.410. The minimum atomic E-state index is -4.42. The molecule has 0 atom stereocenters. The molecule has 0 amide bonds. The van der Waals surface area contributed by atoms with Crippen molar-refractivity contribution in [2.45, 2.75) is 6.18 Å². The van der Waals surface area contributed by atoms with Gasteiger partial charge in [0.15, 0.2) is 0 Å². The Bertz CT molecular complexity index is 293. The Balaban J connectivity index is 3.14. The molecular weight excluding hydrogens is 212 g/mol. The van der Waals surface area contributed by atoms with Crippen LogP contribution in [-0.2, 0) is 6.18 Å². The van der Waals surface area contributed by atoms with Crippen molar-refractivity contribution < 1.29 is 13.2 Å². The highest BCUT2D eigenvalue weighted by Gasteiger charge is 2.31. The monoisotopic (exact) mass is 213 g/mol. The van der Waals surface area contributed by atoms with Gasteiger partial charge in [-0.2, -0.15) is 13.2 Å². The lowest BCUT2D eigenvalue weighted by Gasteiger charge is -2.05. The van der Waals surface area contributed by atoms with Gasteiger partial charge in [0, 0.05) is 6.07 Å². The van der Waals surface area contributed by atoms with Crippen molar-refractivity contribution in [3.8, 4) is 0 Å². The average molecular weight is 214 g/mol. The fourth-order valence-electron chi connectivity index (χ4n) is 0.615. The molecule has 0 aromatic heterocycles. The topological polar surface area (TPSA) is 0 Å². The van der Waals surface area contributed by atoms with E-state index in [0.29, 0.717) is 0 Å². The zero-order chi connectivity index (χ0) is 9.35. The van der Waals surface area contributed by atoms with Crippen LogP contribution in [0.15, 0.2) is 12.1 Å². The van der Waals surface area contributed by atoms with Gasteiger partial charge >= 0.3 is 6.18 Å². The first-order chi connectivity index (χ1) is 5.41. The maximum atomic E-state index is 12.0. The SMILES string of the molecule is FC(F)(F)c1[c]c(Cl)c(Cl)cc1. The molecule has 12 heavy (non-hydrogen) atoms. The highest BCUT2D eigenvalue weighted by atomic mass is 35.5. The Labute approximate surface area is 76.9 Å². The first-order valence-electron chi connectivity index (χ1n) is 2.86. The standard InChI is InChI=1S/C7H2Cl2F3/c8-5-2-1-4(3-6(5)9)7(10,11)12/h1-2H. The summed E-state index contributed by atoms with van der Waals surface area (Å²) in [5.41, 5.74) is -0.920. The van der Waals surface area contributed by atoms with E-state index < -0.39 is 11.7 Å². The van der Waals surface area contributed by atoms with Crippen LogP contribution >= 0.6 is 23.2 Å². The molecule has 0 aliphatic heterocycles. The van der Waals surface area contributed by atoms with Crippen LogP contribution in [0.5, 0.6) is 0 Å². The normalized spacial score (nSPS) is 11.8. The zero-order valence-corrected chi connectivity index (χ0v) is 7.06. The lowest BCUT2D eigenvalue weighted by molar-refractivity contribution is -0.137. The van der Waals surface area contributed by atoms with Crippen molar-refractivity contribution >= 4 is 23.2 Å². The van der Waals surface area contributed by atoms with Crippen LogP contribution in [0.25, 0.3) is 0 Å². The van der Waals surface area contributed by atoms with Crippen LogP contribution < -0.4 is 0 Å². The van der Waals surface area contributed by atoms with Crippen molar-refractivity contribution in [1.82, 2.24) is 0 Å². The van der Waals surface area contributed by atoms with E-state index in [1.165, 1.54) is 0 Å². The molecule has 1 aromatic rings. The molecule has 1 radical (unpaired) electrons. The van der Waals surface area contributed by atoms with Gasteiger partial charge in [-0.15, -0.1) is 0 Å². The van der Waals surface area contributed by atoms with Gasteiger partial charge in [0.1, 0.15) is 0 Å². The minimum Gasteiger partial charge on any atom is -0.166 e. The molecule has 0 fully saturated rings. The van der Waals surface area contributed by atoms with Gasteiger partial charge in [-0.25, -0.2) is 0 Å². The third-order valence-electron chi connectivity index (χ3n) is 1.16. The molecule has 0 saturated carbocycles. The molecule has 0 saturated heterocycles. The lowest BCUT2D eigenvalue weighted by Crippen LogP contribution is -2.04. The van der Waals surface area contributed by atoms with Crippen molar-refractivity contribution in [2.24, 2.45) is 0 Å². The fraction of sp³-hybridized carbons (Fsp3) is 0.143. The maximum Gasteiger partial charge on any atom is 0.417 e. The molecule has 1 aromatic carbocycles. The molecule has 0 aliphatic carbocycles. The molecule has 0 nitrogen and oxygen atoms in total. The van der Waals surface area contributed by atoms with Gasteiger partial charge in [-0.3, -0.25) is 0 Å². The smallest absolute Gasteiger partial charge is 0.166 e. The van der Waals surface area contributed by atoms with Crippen molar-refractivity contribution in [1.29, 1.82) is 0 Å². The first-order valence-corrected chi connectivity index (χ1v) is 3.61. The number of hydrogen-bond donors (Lipinski definition) is 0. The molecule has 0 unspecified atom stereocenters. The Morgan fingerprint density at radius 2 is 1.75 bits per heavy atom. The fourth-order valence-corrected chi connectivity index (χ4v) is 0.890. The van der Waals surface area contributed by atoms with Crippen LogP contribution in [-0.4, -0.2) is 0 Å². The van der Waals surface area contributed by atoms with E-state index in [1.807, 2.05) is 6.07 Å². The molecule has 0 spiro atoms. The Morgan fingerprint density at radius 3 is 2.17 bits per heavy atom. The Kier molecular flexibility index (Phi) is 2.54. The summed E-state index contributed by atoms with van der Waals surface area (Å²) in [5.74, 6) is 0. The number of halogens is 5. The zero-order valence-electron chi connectivity index (χ0n) is 5.54. The second kappa shape index (κ2) is 3.15. The van der Waals surface area contributed by atoms with E-state index >= 15 is 0 Å². The van der Waals surface area contributed by atoms with E-state index in [1.54, 1.807) is 0 Å². The molecule has 0 aliphatic rings. The van der Waals surface area contributed by atoms with Crippen molar-refractivity contribution in [3.05, 3.63) is 33.8 Å². The minimum absolute atomic E-state index is 0.0599. The van der Waals surface area contributed by atoms with Crippen LogP contribution in [0, 0.1) is 6.07 Å². The molecule has 1 rings (SSSR count). The number of rotatable bonds is 0. The second-order valence-electron chi connectivity index (χ2n) is 2.03. The van der Waals surface area contributed by atoms with Crippen LogP contribution in [0.3, 0.4) is 0 Å². The van der Waals surface area contributed by atoms with E-state index in [-0.39, 0.29) is 10.0 Å². The van der Waals surface area contributed by atoms with Gasteiger partial charge in [0.2, 0.25) is 0 Å². The van der Waals surface area contributed by atoms with E-state index in [2.05, 4.69) is 0 Å². The quantitative estimate of drug-likeness (QED) is 0.615. The predicted octanol–water partition coefficient (Wildman–Crippen LogP) is 3.81. The van der Waals surface area contributed by atoms with Crippen LogP contribution in [0.2, 0.25) is 10.0 Å².